The third-order valence-electron chi connectivity index (χ3n) is 5.12. The molecule has 33 heavy (non-hydrogen) atoms. The Bertz CT molecular complexity index is 529. The largest absolute Gasteiger partial charge is 0.466 e. The molecule has 0 rings (SSSR count). The number of carbonyl (C=O) groups is 3. The lowest BCUT2D eigenvalue weighted by molar-refractivity contribution is -0.147. The summed E-state index contributed by atoms with van der Waals surface area (Å²) in [5, 5.41) is 2.55. The second-order valence-electron chi connectivity index (χ2n) is 9.66. The van der Waals surface area contributed by atoms with E-state index in [0.29, 0.717) is 13.2 Å². The van der Waals surface area contributed by atoms with Gasteiger partial charge < -0.3 is 19.5 Å². The maximum absolute atomic E-state index is 12.5. The van der Waals surface area contributed by atoms with E-state index in [0.717, 1.165) is 38.5 Å². The third-order valence-corrected chi connectivity index (χ3v) is 5.12. The number of nitrogens with one attached hydrogen (secondary N) is 1. The molecule has 0 saturated carbocycles. The average Bonchev–Trinajstić information content (AvgIpc) is 2.73. The predicted octanol–water partition coefficient (Wildman–Crippen LogP) is 6.47. The molecule has 0 saturated heterocycles. The van der Waals surface area contributed by atoms with E-state index in [9.17, 15) is 14.4 Å². The summed E-state index contributed by atoms with van der Waals surface area (Å²) in [6, 6.07) is -0.943. The zero-order valence-corrected chi connectivity index (χ0v) is 21.8. The minimum atomic E-state index is -0.943. The highest BCUT2D eigenvalue weighted by atomic mass is 16.6. The lowest BCUT2D eigenvalue weighted by Crippen LogP contribution is -2.44. The van der Waals surface area contributed by atoms with Crippen LogP contribution in [0.3, 0.4) is 0 Å². The Kier molecular flexibility index (Phi) is 18.6. The average molecular weight is 472 g/mol. The number of amides is 1. The van der Waals surface area contributed by atoms with Crippen LogP contribution in [-0.4, -0.2) is 42.9 Å². The summed E-state index contributed by atoms with van der Waals surface area (Å²) >= 11 is 0. The fourth-order valence-electron chi connectivity index (χ4n) is 3.26. The molecule has 0 aliphatic heterocycles. The summed E-state index contributed by atoms with van der Waals surface area (Å²) < 4.78 is 15.9. The van der Waals surface area contributed by atoms with Crippen molar-refractivity contribution in [3.05, 3.63) is 0 Å². The Morgan fingerprint density at radius 3 is 1.73 bits per heavy atom. The Morgan fingerprint density at radius 2 is 1.21 bits per heavy atom. The number of carbonyl (C=O) groups excluding carboxylic acids is 3. The van der Waals surface area contributed by atoms with Crippen LogP contribution in [0.5, 0.6) is 0 Å². The van der Waals surface area contributed by atoms with Gasteiger partial charge in [0.2, 0.25) is 0 Å². The number of hydrogen-bond donors (Lipinski definition) is 1. The zero-order chi connectivity index (χ0) is 25.0. The van der Waals surface area contributed by atoms with E-state index < -0.39 is 23.7 Å². The van der Waals surface area contributed by atoms with Gasteiger partial charge in [-0.1, -0.05) is 78.1 Å². The van der Waals surface area contributed by atoms with Crippen molar-refractivity contribution >= 4 is 18.0 Å². The highest BCUT2D eigenvalue weighted by Gasteiger charge is 2.26. The molecular weight excluding hydrogens is 422 g/mol. The topological polar surface area (TPSA) is 90.9 Å². The van der Waals surface area contributed by atoms with Gasteiger partial charge in [-0.25, -0.2) is 9.59 Å². The lowest BCUT2D eigenvalue weighted by atomic mass is 10.1. The van der Waals surface area contributed by atoms with Gasteiger partial charge in [0, 0.05) is 6.42 Å². The Balaban J connectivity index is 4.42. The molecule has 0 fully saturated rings. The molecule has 0 radical (unpaired) electrons. The zero-order valence-electron chi connectivity index (χ0n) is 21.8. The summed E-state index contributed by atoms with van der Waals surface area (Å²) in [6.45, 7) is 10.3. The Labute approximate surface area is 201 Å². The Morgan fingerprint density at radius 1 is 0.727 bits per heavy atom. The van der Waals surface area contributed by atoms with Gasteiger partial charge in [-0.3, -0.25) is 4.79 Å². The van der Waals surface area contributed by atoms with Crippen molar-refractivity contribution < 1.29 is 28.6 Å². The Hall–Kier alpha value is -1.79. The normalized spacial score (nSPS) is 12.2. The smallest absolute Gasteiger partial charge is 0.408 e. The van der Waals surface area contributed by atoms with Crippen LogP contribution in [0.2, 0.25) is 0 Å². The molecule has 0 heterocycles. The minimum absolute atomic E-state index is 0.0302. The van der Waals surface area contributed by atoms with Gasteiger partial charge in [0.15, 0.2) is 0 Å². The molecule has 194 valence electrons. The van der Waals surface area contributed by atoms with E-state index >= 15 is 0 Å². The van der Waals surface area contributed by atoms with Gasteiger partial charge in [-0.15, -0.1) is 0 Å². The third kappa shape index (κ3) is 20.5. The molecule has 0 aliphatic rings. The summed E-state index contributed by atoms with van der Waals surface area (Å²) in [5.41, 5.74) is -0.687. The monoisotopic (exact) mass is 471 g/mol. The molecule has 1 atom stereocenters. The first kappa shape index (κ1) is 31.2. The maximum atomic E-state index is 12.5. The molecule has 0 spiro atoms. The SMILES string of the molecule is CCCCCCCCOC(=O)CC[C@H](NC(=O)OC(C)(C)C)C(=O)OCCCCCCCC. The van der Waals surface area contributed by atoms with Crippen LogP contribution in [0.15, 0.2) is 0 Å². The second kappa shape index (κ2) is 19.7. The summed E-state index contributed by atoms with van der Waals surface area (Å²) in [7, 11) is 0. The quantitative estimate of drug-likeness (QED) is 0.132. The maximum Gasteiger partial charge on any atom is 0.408 e. The first-order valence-corrected chi connectivity index (χ1v) is 13.0. The van der Waals surface area contributed by atoms with Crippen LogP contribution in [0.1, 0.15) is 125 Å². The second-order valence-corrected chi connectivity index (χ2v) is 9.66. The molecule has 1 N–H and O–H groups in total. The number of rotatable bonds is 19. The molecule has 0 aromatic carbocycles. The highest BCUT2D eigenvalue weighted by molar-refractivity contribution is 5.82. The summed E-state index contributed by atoms with van der Waals surface area (Å²) in [6.07, 6.45) is 12.6. The van der Waals surface area contributed by atoms with E-state index in [1.165, 1.54) is 38.5 Å². The number of esters is 2. The van der Waals surface area contributed by atoms with Crippen LogP contribution in [0.25, 0.3) is 0 Å². The number of hydrogen-bond acceptors (Lipinski definition) is 6. The van der Waals surface area contributed by atoms with Gasteiger partial charge in [-0.05, 0) is 40.0 Å². The molecule has 0 aromatic rings. The van der Waals surface area contributed by atoms with Gasteiger partial charge in [0.25, 0.3) is 0 Å². The number of unbranched alkanes of at least 4 members (excludes halogenated alkanes) is 10. The molecule has 0 aliphatic carbocycles. The van der Waals surface area contributed by atoms with E-state index in [2.05, 4.69) is 19.2 Å². The first-order chi connectivity index (χ1) is 15.7. The van der Waals surface area contributed by atoms with Crippen molar-refractivity contribution in [1.82, 2.24) is 5.32 Å². The fourth-order valence-corrected chi connectivity index (χ4v) is 3.26. The van der Waals surface area contributed by atoms with Crippen LogP contribution in [-0.2, 0) is 23.8 Å². The van der Waals surface area contributed by atoms with Crippen LogP contribution in [0, 0.1) is 0 Å². The highest BCUT2D eigenvalue weighted by Crippen LogP contribution is 2.10. The van der Waals surface area contributed by atoms with Crippen molar-refractivity contribution in [2.24, 2.45) is 0 Å². The van der Waals surface area contributed by atoms with Gasteiger partial charge in [0.1, 0.15) is 11.6 Å². The number of alkyl carbamates (subject to hydrolysis) is 1. The molecule has 0 bridgehead atoms. The molecule has 7 heteroatoms. The molecule has 1 amide bonds. The fraction of sp³-hybridized carbons (Fsp3) is 0.885. The van der Waals surface area contributed by atoms with Crippen LogP contribution >= 0.6 is 0 Å². The van der Waals surface area contributed by atoms with Crippen molar-refractivity contribution in [3.8, 4) is 0 Å². The van der Waals surface area contributed by atoms with Crippen molar-refractivity contribution in [2.75, 3.05) is 13.2 Å². The van der Waals surface area contributed by atoms with Crippen LogP contribution in [0.4, 0.5) is 4.79 Å². The van der Waals surface area contributed by atoms with E-state index in [1.54, 1.807) is 20.8 Å². The molecule has 0 aromatic heterocycles. The van der Waals surface area contributed by atoms with Crippen molar-refractivity contribution in [2.45, 2.75) is 136 Å². The number of ether oxygens (including phenoxy) is 3. The van der Waals surface area contributed by atoms with Crippen LogP contribution < -0.4 is 5.32 Å². The predicted molar refractivity (Wildman–Crippen MR) is 131 cm³/mol. The summed E-state index contributed by atoms with van der Waals surface area (Å²) in [5.74, 6) is -0.915. The minimum Gasteiger partial charge on any atom is -0.466 e. The first-order valence-electron chi connectivity index (χ1n) is 13.0. The van der Waals surface area contributed by atoms with E-state index in [1.807, 2.05) is 0 Å². The molecule has 7 nitrogen and oxygen atoms in total. The standard InChI is InChI=1S/C26H49NO6/c1-6-8-10-12-14-16-20-31-23(28)19-18-22(27-25(30)33-26(3,4)5)24(29)32-21-17-15-13-11-9-7-2/h22H,6-21H2,1-5H3,(H,27,30)/t22-/m0/s1. The van der Waals surface area contributed by atoms with Gasteiger partial charge >= 0.3 is 18.0 Å². The van der Waals surface area contributed by atoms with Gasteiger partial charge in [0.05, 0.1) is 13.2 Å². The lowest BCUT2D eigenvalue weighted by Gasteiger charge is -2.23. The van der Waals surface area contributed by atoms with Crippen molar-refractivity contribution in [1.29, 1.82) is 0 Å². The van der Waals surface area contributed by atoms with Crippen molar-refractivity contribution in [3.63, 3.8) is 0 Å². The van der Waals surface area contributed by atoms with E-state index in [4.69, 9.17) is 14.2 Å². The van der Waals surface area contributed by atoms with Gasteiger partial charge in [-0.2, -0.15) is 0 Å². The van der Waals surface area contributed by atoms with E-state index in [-0.39, 0.29) is 18.8 Å². The molecule has 0 unspecified atom stereocenters. The summed E-state index contributed by atoms with van der Waals surface area (Å²) in [4.78, 5) is 36.8. The molecular formula is C26H49NO6.